The van der Waals surface area contributed by atoms with Crippen LogP contribution in [0.2, 0.25) is 0 Å². The predicted octanol–water partition coefficient (Wildman–Crippen LogP) is 2.33. The molecule has 0 saturated carbocycles. The maximum absolute atomic E-state index is 12.5. The molecule has 2 aromatic rings. The second kappa shape index (κ2) is 7.10. The van der Waals surface area contributed by atoms with Crippen LogP contribution in [0.5, 0.6) is 0 Å². The van der Waals surface area contributed by atoms with E-state index in [2.05, 4.69) is 10.3 Å². The van der Waals surface area contributed by atoms with Gasteiger partial charge in [0.2, 0.25) is 0 Å². The minimum absolute atomic E-state index is 0.109. The number of methoxy groups -OCH3 is 1. The predicted molar refractivity (Wildman–Crippen MR) is 93.8 cm³/mol. The Balaban J connectivity index is 2.37. The number of ether oxygens (including phenoxy) is 1. The molecule has 0 aliphatic heterocycles. The first kappa shape index (κ1) is 18.7. The van der Waals surface area contributed by atoms with Gasteiger partial charge in [-0.2, -0.15) is 0 Å². The molecule has 0 atom stereocenters. The largest absolute Gasteiger partial charge is 0.465 e. The summed E-state index contributed by atoms with van der Waals surface area (Å²) in [5.41, 5.74) is 2.03. The minimum atomic E-state index is -3.38. The van der Waals surface area contributed by atoms with Crippen LogP contribution in [0, 0.1) is 6.92 Å². The number of rotatable bonds is 5. The van der Waals surface area contributed by atoms with Crippen molar-refractivity contribution in [2.24, 2.45) is 0 Å². The molecule has 134 valence electrons. The molecule has 0 fully saturated rings. The lowest BCUT2D eigenvalue weighted by atomic mass is 10.1. The molecule has 8 heteroatoms. The minimum Gasteiger partial charge on any atom is -0.465 e. The lowest BCUT2D eigenvalue weighted by Gasteiger charge is -2.07. The van der Waals surface area contributed by atoms with Gasteiger partial charge in [0, 0.05) is 17.6 Å². The highest BCUT2D eigenvalue weighted by atomic mass is 32.2. The van der Waals surface area contributed by atoms with Crippen molar-refractivity contribution in [3.8, 4) is 0 Å². The number of anilines is 1. The van der Waals surface area contributed by atoms with Gasteiger partial charge in [0.05, 0.1) is 17.6 Å². The van der Waals surface area contributed by atoms with E-state index in [0.717, 1.165) is 6.26 Å². The fourth-order valence-corrected chi connectivity index (χ4v) is 3.19. The quantitative estimate of drug-likeness (QED) is 0.792. The second-order valence-electron chi connectivity index (χ2n) is 5.58. The summed E-state index contributed by atoms with van der Waals surface area (Å²) in [5.74, 6) is -0.975. The van der Waals surface area contributed by atoms with Crippen molar-refractivity contribution in [2.75, 3.05) is 18.7 Å². The third-order valence-corrected chi connectivity index (χ3v) is 4.93. The molecule has 0 spiro atoms. The summed E-state index contributed by atoms with van der Waals surface area (Å²) in [6, 6.07) is 5.97. The van der Waals surface area contributed by atoms with E-state index in [1.807, 2.05) is 6.92 Å². The third-order valence-electron chi connectivity index (χ3n) is 3.82. The first-order chi connectivity index (χ1) is 11.7. The van der Waals surface area contributed by atoms with Crippen molar-refractivity contribution >= 4 is 27.4 Å². The Morgan fingerprint density at radius 1 is 1.28 bits per heavy atom. The molecule has 0 aliphatic rings. The molecule has 1 heterocycles. The van der Waals surface area contributed by atoms with Crippen molar-refractivity contribution in [2.45, 2.75) is 25.2 Å². The van der Waals surface area contributed by atoms with Crippen LogP contribution >= 0.6 is 0 Å². The van der Waals surface area contributed by atoms with Gasteiger partial charge >= 0.3 is 5.97 Å². The number of benzene rings is 1. The number of aromatic nitrogens is 1. The normalized spacial score (nSPS) is 11.2. The van der Waals surface area contributed by atoms with Crippen molar-refractivity contribution < 1.29 is 22.7 Å². The number of esters is 1. The zero-order valence-corrected chi connectivity index (χ0v) is 15.3. The van der Waals surface area contributed by atoms with Crippen LogP contribution in [0.3, 0.4) is 0 Å². The molecule has 0 saturated heterocycles. The summed E-state index contributed by atoms with van der Waals surface area (Å²) in [6.45, 7) is 3.51. The van der Waals surface area contributed by atoms with E-state index in [1.165, 1.54) is 19.2 Å². The van der Waals surface area contributed by atoms with Gasteiger partial charge in [0.1, 0.15) is 5.69 Å². The molecular weight excluding hydrogens is 344 g/mol. The first-order valence-corrected chi connectivity index (χ1v) is 9.49. The molecule has 0 aliphatic carbocycles. The number of sulfone groups is 1. The van der Waals surface area contributed by atoms with Crippen molar-refractivity contribution in [3.05, 3.63) is 46.8 Å². The van der Waals surface area contributed by atoms with Gasteiger partial charge in [-0.1, -0.05) is 13.0 Å². The van der Waals surface area contributed by atoms with Gasteiger partial charge in [-0.15, -0.1) is 0 Å². The van der Waals surface area contributed by atoms with E-state index >= 15 is 0 Å². The number of aromatic amines is 1. The highest BCUT2D eigenvalue weighted by Gasteiger charge is 2.23. The molecular formula is C17H20N2O5S. The van der Waals surface area contributed by atoms with E-state index in [-0.39, 0.29) is 10.6 Å². The summed E-state index contributed by atoms with van der Waals surface area (Å²) >= 11 is 0. The molecule has 1 aromatic carbocycles. The van der Waals surface area contributed by atoms with E-state index in [9.17, 15) is 18.0 Å². The van der Waals surface area contributed by atoms with E-state index in [0.29, 0.717) is 28.9 Å². The summed E-state index contributed by atoms with van der Waals surface area (Å²) in [5, 5.41) is 2.65. The fourth-order valence-electron chi connectivity index (χ4n) is 2.53. The number of nitrogens with one attached hydrogen (secondary N) is 2. The van der Waals surface area contributed by atoms with Gasteiger partial charge < -0.3 is 15.0 Å². The van der Waals surface area contributed by atoms with Crippen LogP contribution < -0.4 is 5.32 Å². The first-order valence-electron chi connectivity index (χ1n) is 7.60. The van der Waals surface area contributed by atoms with E-state index in [4.69, 9.17) is 4.74 Å². The molecule has 1 aromatic heterocycles. The van der Waals surface area contributed by atoms with Gasteiger partial charge in [-0.05, 0) is 37.1 Å². The van der Waals surface area contributed by atoms with Gasteiger partial charge in [-0.25, -0.2) is 13.2 Å². The fraction of sp³-hybridized carbons (Fsp3) is 0.294. The smallest absolute Gasteiger partial charge is 0.339 e. The average molecular weight is 364 g/mol. The molecule has 0 bridgehead atoms. The number of carbonyl (C=O) groups is 2. The number of aryl methyl sites for hydroxylation is 1. The lowest BCUT2D eigenvalue weighted by molar-refractivity contribution is 0.0599. The zero-order valence-electron chi connectivity index (χ0n) is 14.5. The third kappa shape index (κ3) is 3.90. The Labute approximate surface area is 146 Å². The molecule has 1 amide bonds. The van der Waals surface area contributed by atoms with Crippen molar-refractivity contribution in [1.29, 1.82) is 0 Å². The van der Waals surface area contributed by atoms with Crippen LogP contribution in [-0.2, 0) is 21.0 Å². The van der Waals surface area contributed by atoms with Gasteiger partial charge in [0.15, 0.2) is 9.84 Å². The summed E-state index contributed by atoms with van der Waals surface area (Å²) < 4.78 is 28.0. The Hall–Kier alpha value is -2.61. The van der Waals surface area contributed by atoms with Crippen LogP contribution in [0.1, 0.15) is 39.0 Å². The van der Waals surface area contributed by atoms with Crippen LogP contribution in [0.4, 0.5) is 5.69 Å². The van der Waals surface area contributed by atoms with Crippen molar-refractivity contribution in [1.82, 2.24) is 4.98 Å². The average Bonchev–Trinajstić information content (AvgIpc) is 2.90. The summed E-state index contributed by atoms with van der Waals surface area (Å²) in [6.07, 6.45) is 1.63. The maximum atomic E-state index is 12.5. The number of amides is 1. The van der Waals surface area contributed by atoms with Crippen LogP contribution in [-0.4, -0.2) is 38.6 Å². The van der Waals surface area contributed by atoms with Gasteiger partial charge in [0.25, 0.3) is 5.91 Å². The molecule has 7 nitrogen and oxygen atoms in total. The molecule has 2 N–H and O–H groups in total. The lowest BCUT2D eigenvalue weighted by Crippen LogP contribution is -2.14. The van der Waals surface area contributed by atoms with Gasteiger partial charge in [-0.3, -0.25) is 4.79 Å². The Bertz CT molecular complexity index is 929. The summed E-state index contributed by atoms with van der Waals surface area (Å²) in [7, 11) is -2.09. The molecule has 0 radical (unpaired) electrons. The Morgan fingerprint density at radius 3 is 2.52 bits per heavy atom. The maximum Gasteiger partial charge on any atom is 0.339 e. The van der Waals surface area contributed by atoms with E-state index in [1.54, 1.807) is 19.1 Å². The Kier molecular flexibility index (Phi) is 5.32. The SMILES string of the molecule is CCc1[nH]c(C(=O)Nc2cccc(S(C)(=O)=O)c2)c(C)c1C(=O)OC. The van der Waals surface area contributed by atoms with Crippen molar-refractivity contribution in [3.63, 3.8) is 0 Å². The van der Waals surface area contributed by atoms with Crippen LogP contribution in [0.25, 0.3) is 0 Å². The molecule has 2 rings (SSSR count). The second-order valence-corrected chi connectivity index (χ2v) is 7.59. The number of H-pyrrole nitrogens is 1. The monoisotopic (exact) mass is 364 g/mol. The number of hydrogen-bond acceptors (Lipinski definition) is 5. The highest BCUT2D eigenvalue weighted by Crippen LogP contribution is 2.22. The standard InChI is InChI=1S/C17H20N2O5S/c1-5-13-14(17(21)24-3)10(2)15(19-13)16(20)18-11-7-6-8-12(9-11)25(4,22)23/h6-9,19H,5H2,1-4H3,(H,18,20). The molecule has 0 unspecified atom stereocenters. The zero-order chi connectivity index (χ0) is 18.8. The van der Waals surface area contributed by atoms with E-state index < -0.39 is 21.7 Å². The number of carbonyl (C=O) groups excluding carboxylic acids is 2. The van der Waals surface area contributed by atoms with Crippen LogP contribution in [0.15, 0.2) is 29.2 Å². The molecule has 25 heavy (non-hydrogen) atoms. The Morgan fingerprint density at radius 2 is 1.96 bits per heavy atom. The summed E-state index contributed by atoms with van der Waals surface area (Å²) in [4.78, 5) is 27.5. The number of hydrogen-bond donors (Lipinski definition) is 2. The topological polar surface area (TPSA) is 105 Å². The highest BCUT2D eigenvalue weighted by molar-refractivity contribution is 7.90.